The fourth-order valence-electron chi connectivity index (χ4n) is 3.81. The number of benzene rings is 1. The summed E-state index contributed by atoms with van der Waals surface area (Å²) in [5.74, 6) is -2.13. The van der Waals surface area contributed by atoms with Gasteiger partial charge in [-0.25, -0.2) is 28.1 Å². The summed E-state index contributed by atoms with van der Waals surface area (Å²) < 4.78 is 49.6. The molecule has 0 aliphatic rings. The molecule has 4 aromatic rings. The first-order valence-corrected chi connectivity index (χ1v) is 11.3. The van der Waals surface area contributed by atoms with Crippen LogP contribution in [-0.4, -0.2) is 29.6 Å². The maximum Gasteiger partial charge on any atom is 0.273 e. The lowest BCUT2D eigenvalue weighted by Gasteiger charge is -2.20. The van der Waals surface area contributed by atoms with E-state index in [2.05, 4.69) is 19.9 Å². The molecule has 3 aromatic heterocycles. The Labute approximate surface area is 210 Å². The highest BCUT2D eigenvalue weighted by atomic mass is 19.1. The van der Waals surface area contributed by atoms with Gasteiger partial charge < -0.3 is 9.84 Å². The number of hydrogen-bond acceptors (Lipinski definition) is 7. The molecule has 0 aliphatic carbocycles. The topological polar surface area (TPSA) is 103 Å². The van der Waals surface area contributed by atoms with Crippen molar-refractivity contribution in [3.63, 3.8) is 0 Å². The highest BCUT2D eigenvalue weighted by Crippen LogP contribution is 2.31. The molecule has 0 fully saturated rings. The number of halogens is 3. The summed E-state index contributed by atoms with van der Waals surface area (Å²) in [5, 5.41) is 10.3. The Kier molecular flexibility index (Phi) is 6.83. The highest BCUT2D eigenvalue weighted by molar-refractivity contribution is 5.59. The zero-order valence-corrected chi connectivity index (χ0v) is 20.8. The molecule has 0 unspecified atom stereocenters. The Hall–Kier alpha value is -4.12. The molecule has 0 bridgehead atoms. The van der Waals surface area contributed by atoms with Gasteiger partial charge in [-0.3, -0.25) is 14.3 Å². The number of rotatable bonds is 6. The normalized spacial score (nSPS) is 11.6. The highest BCUT2D eigenvalue weighted by Gasteiger charge is 2.23. The van der Waals surface area contributed by atoms with Crippen molar-refractivity contribution in [2.24, 2.45) is 0 Å². The third-order valence-corrected chi connectivity index (χ3v) is 5.75. The molecule has 8 nitrogen and oxygen atoms in total. The molecule has 0 radical (unpaired) electrons. The van der Waals surface area contributed by atoms with Crippen molar-refractivity contribution in [1.82, 2.24) is 24.5 Å². The van der Waals surface area contributed by atoms with Crippen LogP contribution in [0.2, 0.25) is 0 Å². The van der Waals surface area contributed by atoms with E-state index in [4.69, 9.17) is 4.74 Å². The van der Waals surface area contributed by atoms with Crippen LogP contribution >= 0.6 is 0 Å². The molecule has 0 saturated heterocycles. The number of hydrogen-bond donors (Lipinski definition) is 1. The van der Waals surface area contributed by atoms with Crippen LogP contribution < -0.4 is 10.3 Å². The Morgan fingerprint density at radius 2 is 1.78 bits per heavy atom. The summed E-state index contributed by atoms with van der Waals surface area (Å²) in [7, 11) is 0. The standard InChI is InChI=1S/C26H24F3N5O3/c1-13-8-20(37-12-19-17(28)9-16(27)10-31-19)14(2)22(29)24(13)34-15(3)23(32-11-21(34)35)18-6-7-30-25(33-18)26(4,5)36/h6-11,36H,12H2,1-5H3. The van der Waals surface area contributed by atoms with E-state index in [1.165, 1.54) is 23.8 Å². The molecule has 0 saturated carbocycles. The number of ether oxygens (including phenoxy) is 1. The van der Waals surface area contributed by atoms with Gasteiger partial charge in [-0.2, -0.15) is 0 Å². The minimum atomic E-state index is -1.31. The van der Waals surface area contributed by atoms with E-state index in [0.717, 1.165) is 12.4 Å². The van der Waals surface area contributed by atoms with E-state index in [0.29, 0.717) is 28.7 Å². The van der Waals surface area contributed by atoms with Gasteiger partial charge in [0.25, 0.3) is 5.56 Å². The molecule has 0 atom stereocenters. The van der Waals surface area contributed by atoms with Crippen LogP contribution in [0.3, 0.4) is 0 Å². The minimum absolute atomic E-state index is 0.00106. The molecule has 0 aliphatic heterocycles. The quantitative estimate of drug-likeness (QED) is 0.413. The molecule has 11 heteroatoms. The van der Waals surface area contributed by atoms with E-state index < -0.39 is 28.6 Å². The summed E-state index contributed by atoms with van der Waals surface area (Å²) >= 11 is 0. The number of aryl methyl sites for hydroxylation is 1. The van der Waals surface area contributed by atoms with Gasteiger partial charge in [-0.05, 0) is 52.3 Å². The summed E-state index contributed by atoms with van der Waals surface area (Å²) in [6.45, 7) is 7.41. The SMILES string of the molecule is Cc1cc(OCc2ncc(F)cc2F)c(C)c(F)c1-n1c(C)c(-c2ccnc(C(C)(C)O)n2)ncc1=O. The third-order valence-electron chi connectivity index (χ3n) is 5.75. The fraction of sp³-hybridized carbons (Fsp3) is 0.269. The van der Waals surface area contributed by atoms with Crippen molar-refractivity contribution < 1.29 is 23.0 Å². The fourth-order valence-corrected chi connectivity index (χ4v) is 3.81. The van der Waals surface area contributed by atoms with Gasteiger partial charge in [-0.1, -0.05) is 0 Å². The second-order valence-electron chi connectivity index (χ2n) is 9.04. The number of pyridine rings is 1. The molecule has 0 spiro atoms. The second kappa shape index (κ2) is 9.74. The van der Waals surface area contributed by atoms with Crippen LogP contribution in [-0.2, 0) is 12.2 Å². The van der Waals surface area contributed by atoms with Crippen LogP contribution in [0, 0.1) is 38.2 Å². The van der Waals surface area contributed by atoms with Gasteiger partial charge in [-0.15, -0.1) is 0 Å². The van der Waals surface area contributed by atoms with Gasteiger partial charge in [0.1, 0.15) is 35.2 Å². The molecular weight excluding hydrogens is 487 g/mol. The maximum absolute atomic E-state index is 15.7. The lowest BCUT2D eigenvalue weighted by atomic mass is 10.1. The van der Waals surface area contributed by atoms with Crippen molar-refractivity contribution in [3.8, 4) is 22.8 Å². The second-order valence-corrected chi connectivity index (χ2v) is 9.04. The van der Waals surface area contributed by atoms with Gasteiger partial charge in [0.15, 0.2) is 17.5 Å². The number of aliphatic hydroxyl groups is 1. The molecule has 4 rings (SSSR count). The van der Waals surface area contributed by atoms with Crippen molar-refractivity contribution in [1.29, 1.82) is 0 Å². The van der Waals surface area contributed by atoms with E-state index in [1.54, 1.807) is 33.8 Å². The van der Waals surface area contributed by atoms with Crippen LogP contribution in [0.15, 0.2) is 41.6 Å². The van der Waals surface area contributed by atoms with Crippen molar-refractivity contribution in [2.45, 2.75) is 46.8 Å². The Balaban J connectivity index is 1.77. The monoisotopic (exact) mass is 511 g/mol. The molecule has 192 valence electrons. The molecule has 37 heavy (non-hydrogen) atoms. The molecule has 0 amide bonds. The van der Waals surface area contributed by atoms with Crippen LogP contribution in [0.25, 0.3) is 17.1 Å². The smallest absolute Gasteiger partial charge is 0.273 e. The van der Waals surface area contributed by atoms with Crippen LogP contribution in [0.4, 0.5) is 13.2 Å². The van der Waals surface area contributed by atoms with Crippen LogP contribution in [0.5, 0.6) is 5.75 Å². The summed E-state index contributed by atoms with van der Waals surface area (Å²) in [6, 6.07) is 3.79. The summed E-state index contributed by atoms with van der Waals surface area (Å²) in [6.07, 6.45) is 3.39. The molecule has 1 aromatic carbocycles. The van der Waals surface area contributed by atoms with Gasteiger partial charge in [0.2, 0.25) is 0 Å². The Morgan fingerprint density at radius 1 is 1.05 bits per heavy atom. The summed E-state index contributed by atoms with van der Waals surface area (Å²) in [5.41, 5.74) is -0.578. The Bertz CT molecular complexity index is 1560. The lowest BCUT2D eigenvalue weighted by Crippen LogP contribution is -2.24. The first-order valence-electron chi connectivity index (χ1n) is 11.3. The van der Waals surface area contributed by atoms with Crippen molar-refractivity contribution >= 4 is 0 Å². The largest absolute Gasteiger partial charge is 0.487 e. The predicted molar refractivity (Wildman–Crippen MR) is 129 cm³/mol. The van der Waals surface area contributed by atoms with Crippen molar-refractivity contribution in [2.75, 3.05) is 0 Å². The van der Waals surface area contributed by atoms with Gasteiger partial charge >= 0.3 is 0 Å². The zero-order valence-electron chi connectivity index (χ0n) is 20.8. The average molecular weight is 512 g/mol. The molecule has 3 heterocycles. The van der Waals surface area contributed by atoms with Gasteiger partial charge in [0.05, 0.1) is 29.5 Å². The summed E-state index contributed by atoms with van der Waals surface area (Å²) in [4.78, 5) is 29.2. The number of nitrogens with zero attached hydrogens (tertiary/aromatic N) is 5. The first kappa shape index (κ1) is 26.0. The van der Waals surface area contributed by atoms with E-state index in [9.17, 15) is 18.7 Å². The van der Waals surface area contributed by atoms with E-state index in [-0.39, 0.29) is 35.1 Å². The van der Waals surface area contributed by atoms with E-state index >= 15 is 4.39 Å². The molecule has 1 N–H and O–H groups in total. The maximum atomic E-state index is 15.7. The third kappa shape index (κ3) is 5.08. The predicted octanol–water partition coefficient (Wildman–Crippen LogP) is 4.23. The average Bonchev–Trinajstić information content (AvgIpc) is 2.83. The molecular formula is C26H24F3N5O3. The first-order chi connectivity index (χ1) is 17.4. The van der Waals surface area contributed by atoms with Gasteiger partial charge in [0, 0.05) is 17.8 Å². The Morgan fingerprint density at radius 3 is 2.46 bits per heavy atom. The van der Waals surface area contributed by atoms with Crippen molar-refractivity contribution in [3.05, 3.63) is 92.9 Å². The van der Waals surface area contributed by atoms with E-state index in [1.807, 2.05) is 0 Å². The zero-order chi connectivity index (χ0) is 27.1. The minimum Gasteiger partial charge on any atom is -0.487 e. The van der Waals surface area contributed by atoms with Crippen LogP contribution in [0.1, 0.15) is 42.2 Å². The lowest BCUT2D eigenvalue weighted by molar-refractivity contribution is 0.0688. The number of aromatic nitrogens is 5.